The van der Waals surface area contributed by atoms with Gasteiger partial charge in [-0.3, -0.25) is 4.79 Å². The molecule has 2 heterocycles. The van der Waals surface area contributed by atoms with Gasteiger partial charge in [-0.05, 0) is 31.5 Å². The maximum Gasteiger partial charge on any atom is 0.222 e. The number of carbonyl (C=O) groups is 1. The predicted molar refractivity (Wildman–Crippen MR) is 74.6 cm³/mol. The summed E-state index contributed by atoms with van der Waals surface area (Å²) in [5, 5.41) is 3.23. The highest BCUT2D eigenvalue weighted by Crippen LogP contribution is 2.16. The van der Waals surface area contributed by atoms with Gasteiger partial charge in [-0.1, -0.05) is 19.8 Å². The first-order valence-electron chi connectivity index (χ1n) is 7.35. The van der Waals surface area contributed by atoms with Gasteiger partial charge in [-0.25, -0.2) is 0 Å². The molecular formula is C15H24N2O2. The average molecular weight is 264 g/mol. The molecule has 4 nitrogen and oxygen atoms in total. The summed E-state index contributed by atoms with van der Waals surface area (Å²) >= 11 is 0. The van der Waals surface area contributed by atoms with Crippen LogP contribution < -0.4 is 5.32 Å². The van der Waals surface area contributed by atoms with Crippen molar-refractivity contribution in [2.24, 2.45) is 0 Å². The maximum absolute atomic E-state index is 12.0. The first-order valence-corrected chi connectivity index (χ1v) is 7.35. The van der Waals surface area contributed by atoms with Crippen LogP contribution in [-0.4, -0.2) is 23.9 Å². The van der Waals surface area contributed by atoms with Crippen molar-refractivity contribution in [2.45, 2.75) is 52.1 Å². The third-order valence-electron chi connectivity index (χ3n) is 3.53. The smallest absolute Gasteiger partial charge is 0.222 e. The zero-order chi connectivity index (χ0) is 13.5. The van der Waals surface area contributed by atoms with Gasteiger partial charge in [0.15, 0.2) is 0 Å². The first-order chi connectivity index (χ1) is 9.29. The summed E-state index contributed by atoms with van der Waals surface area (Å²) in [6.07, 6.45) is 5.24. The number of nitrogens with one attached hydrogen (secondary N) is 1. The predicted octanol–water partition coefficient (Wildman–Crippen LogP) is 2.68. The van der Waals surface area contributed by atoms with Gasteiger partial charge in [0.1, 0.15) is 11.5 Å². The molecule has 1 aliphatic heterocycles. The Balaban J connectivity index is 1.90. The Morgan fingerprint density at radius 3 is 2.84 bits per heavy atom. The highest BCUT2D eigenvalue weighted by molar-refractivity contribution is 5.76. The number of likely N-dealkylation sites (tertiary alicyclic amines) is 1. The molecule has 0 aromatic carbocycles. The van der Waals surface area contributed by atoms with Crippen molar-refractivity contribution in [3.05, 3.63) is 23.7 Å². The van der Waals surface area contributed by atoms with Crippen molar-refractivity contribution in [2.75, 3.05) is 13.1 Å². The van der Waals surface area contributed by atoms with Crippen LogP contribution in [0.1, 0.15) is 50.5 Å². The number of amides is 1. The van der Waals surface area contributed by atoms with E-state index < -0.39 is 0 Å². The van der Waals surface area contributed by atoms with Crippen molar-refractivity contribution in [3.63, 3.8) is 0 Å². The fourth-order valence-corrected chi connectivity index (χ4v) is 2.42. The van der Waals surface area contributed by atoms with Crippen LogP contribution in [0.2, 0.25) is 0 Å². The Hall–Kier alpha value is -1.29. The van der Waals surface area contributed by atoms with Crippen molar-refractivity contribution >= 4 is 5.91 Å². The van der Waals surface area contributed by atoms with Gasteiger partial charge in [-0.15, -0.1) is 0 Å². The molecule has 106 valence electrons. The van der Waals surface area contributed by atoms with Crippen LogP contribution in [0.5, 0.6) is 0 Å². The zero-order valence-electron chi connectivity index (χ0n) is 11.8. The SMILES string of the molecule is CCNCc1ccc(CN2CCCCCCC2=O)o1. The minimum absolute atomic E-state index is 0.268. The van der Waals surface area contributed by atoms with Gasteiger partial charge in [0.05, 0.1) is 13.1 Å². The second-order valence-corrected chi connectivity index (χ2v) is 5.13. The number of hydrogen-bond acceptors (Lipinski definition) is 3. The molecule has 1 N–H and O–H groups in total. The Morgan fingerprint density at radius 1 is 1.21 bits per heavy atom. The lowest BCUT2D eigenvalue weighted by molar-refractivity contribution is -0.132. The highest BCUT2D eigenvalue weighted by Gasteiger charge is 2.17. The van der Waals surface area contributed by atoms with Crippen LogP contribution >= 0.6 is 0 Å². The van der Waals surface area contributed by atoms with E-state index in [0.717, 1.165) is 44.0 Å². The topological polar surface area (TPSA) is 45.5 Å². The van der Waals surface area contributed by atoms with Gasteiger partial charge < -0.3 is 14.6 Å². The highest BCUT2D eigenvalue weighted by atomic mass is 16.3. The third kappa shape index (κ3) is 4.39. The molecule has 0 bridgehead atoms. The van der Waals surface area contributed by atoms with Crippen LogP contribution in [0.4, 0.5) is 0 Å². The molecule has 0 spiro atoms. The van der Waals surface area contributed by atoms with E-state index in [-0.39, 0.29) is 5.91 Å². The monoisotopic (exact) mass is 264 g/mol. The molecule has 1 aromatic heterocycles. The molecule has 2 rings (SSSR count). The largest absolute Gasteiger partial charge is 0.463 e. The van der Waals surface area contributed by atoms with Gasteiger partial charge in [0.25, 0.3) is 0 Å². The standard InChI is InChI=1S/C15H24N2O2/c1-2-16-11-13-8-9-14(19-13)12-17-10-6-4-3-5-7-15(17)18/h8-9,16H,2-7,10-12H2,1H3. The minimum Gasteiger partial charge on any atom is -0.463 e. The molecule has 1 aliphatic rings. The lowest BCUT2D eigenvalue weighted by Crippen LogP contribution is -2.32. The molecule has 19 heavy (non-hydrogen) atoms. The van der Waals surface area contributed by atoms with Crippen LogP contribution in [0.15, 0.2) is 16.5 Å². The summed E-state index contributed by atoms with van der Waals surface area (Å²) < 4.78 is 5.75. The van der Waals surface area contributed by atoms with E-state index in [1.165, 1.54) is 12.8 Å². The second-order valence-electron chi connectivity index (χ2n) is 5.13. The Bertz CT molecular complexity index is 401. The first kappa shape index (κ1) is 14.1. The molecule has 0 unspecified atom stereocenters. The van der Waals surface area contributed by atoms with Gasteiger partial charge >= 0.3 is 0 Å². The summed E-state index contributed by atoms with van der Waals surface area (Å²) in [7, 11) is 0. The molecule has 0 aliphatic carbocycles. The van der Waals surface area contributed by atoms with Gasteiger partial charge in [0, 0.05) is 13.0 Å². The number of nitrogens with zero attached hydrogens (tertiary/aromatic N) is 1. The second kappa shape index (κ2) is 7.34. The summed E-state index contributed by atoms with van der Waals surface area (Å²) in [6.45, 7) is 5.24. The molecule has 0 saturated carbocycles. The summed E-state index contributed by atoms with van der Waals surface area (Å²) in [5.41, 5.74) is 0. The number of rotatable bonds is 5. The fourth-order valence-electron chi connectivity index (χ4n) is 2.42. The molecule has 1 aromatic rings. The minimum atomic E-state index is 0.268. The summed E-state index contributed by atoms with van der Waals surface area (Å²) in [6, 6.07) is 3.98. The molecule has 1 fully saturated rings. The van der Waals surface area contributed by atoms with Crippen molar-refractivity contribution < 1.29 is 9.21 Å². The van der Waals surface area contributed by atoms with E-state index in [2.05, 4.69) is 12.2 Å². The number of hydrogen-bond donors (Lipinski definition) is 1. The Kier molecular flexibility index (Phi) is 5.45. The van der Waals surface area contributed by atoms with E-state index in [1.807, 2.05) is 17.0 Å². The number of furan rings is 1. The Morgan fingerprint density at radius 2 is 2.00 bits per heavy atom. The van der Waals surface area contributed by atoms with E-state index >= 15 is 0 Å². The van der Waals surface area contributed by atoms with Crippen LogP contribution in [0.25, 0.3) is 0 Å². The van der Waals surface area contributed by atoms with Gasteiger partial charge in [0.2, 0.25) is 5.91 Å². The fraction of sp³-hybridized carbons (Fsp3) is 0.667. The molecular weight excluding hydrogens is 240 g/mol. The van der Waals surface area contributed by atoms with E-state index in [9.17, 15) is 4.79 Å². The molecule has 0 radical (unpaired) electrons. The normalized spacial score (nSPS) is 17.3. The molecule has 4 heteroatoms. The lowest BCUT2D eigenvalue weighted by atomic mass is 10.1. The zero-order valence-corrected chi connectivity index (χ0v) is 11.8. The molecule has 0 atom stereocenters. The van der Waals surface area contributed by atoms with E-state index in [4.69, 9.17) is 4.42 Å². The van der Waals surface area contributed by atoms with Crippen LogP contribution in [-0.2, 0) is 17.9 Å². The third-order valence-corrected chi connectivity index (χ3v) is 3.53. The number of carbonyl (C=O) groups excluding carboxylic acids is 1. The van der Waals surface area contributed by atoms with E-state index in [1.54, 1.807) is 0 Å². The Labute approximate surface area is 115 Å². The van der Waals surface area contributed by atoms with Crippen LogP contribution in [0.3, 0.4) is 0 Å². The van der Waals surface area contributed by atoms with E-state index in [0.29, 0.717) is 13.0 Å². The van der Waals surface area contributed by atoms with Crippen molar-refractivity contribution in [3.8, 4) is 0 Å². The summed E-state index contributed by atoms with van der Waals surface area (Å²) in [4.78, 5) is 14.0. The lowest BCUT2D eigenvalue weighted by Gasteiger charge is -2.23. The van der Waals surface area contributed by atoms with Crippen molar-refractivity contribution in [1.82, 2.24) is 10.2 Å². The van der Waals surface area contributed by atoms with Crippen molar-refractivity contribution in [1.29, 1.82) is 0 Å². The average Bonchev–Trinajstić information content (AvgIpc) is 2.84. The quantitative estimate of drug-likeness (QED) is 0.889. The molecule has 1 saturated heterocycles. The van der Waals surface area contributed by atoms with Crippen LogP contribution in [0, 0.1) is 0 Å². The molecule has 1 amide bonds. The maximum atomic E-state index is 12.0. The summed E-state index contributed by atoms with van der Waals surface area (Å²) in [5.74, 6) is 2.10. The van der Waals surface area contributed by atoms with Gasteiger partial charge in [-0.2, -0.15) is 0 Å².